The normalized spacial score (nSPS) is 20.6. The molecule has 1 aliphatic carbocycles. The van der Waals surface area contributed by atoms with E-state index in [-0.39, 0.29) is 41.8 Å². The molecule has 4 amide bonds. The zero-order chi connectivity index (χ0) is 45.5. The first kappa shape index (κ1) is 43.9. The van der Waals surface area contributed by atoms with E-state index in [0.717, 1.165) is 94.8 Å². The number of aromatic amines is 3. The second-order valence-corrected chi connectivity index (χ2v) is 18.8. The van der Waals surface area contributed by atoms with Gasteiger partial charge in [-0.3, -0.25) is 9.59 Å². The molecule has 4 aliphatic rings. The van der Waals surface area contributed by atoms with Crippen LogP contribution in [0.3, 0.4) is 0 Å². The van der Waals surface area contributed by atoms with Crippen LogP contribution in [0, 0.1) is 17.8 Å². The van der Waals surface area contributed by atoms with Crippen molar-refractivity contribution in [2.75, 3.05) is 27.3 Å². The molecule has 5 aromatic rings. The zero-order valence-corrected chi connectivity index (χ0v) is 38.2. The number of rotatable bonds is 11. The Labute approximate surface area is 379 Å². The molecule has 0 radical (unpaired) electrons. The standard InChI is InChI=1S/C49H61N9O7/c1-26(2)40(55-48(61)63-5)46(59)57-20-10-14-36(57)44-50-24-34(53-44)29-17-19-33-32(22-29)39-42(52-33)31-18-16-30(23-38(31)65-43(39)28-12-8-7-9-13-28)35-25-51-45(54-35)37-15-11-21-58(37)47(60)41(27(3)4)56-49(62)64-6/h16-19,22-28,36-37,40-41,43,52H,7-15,20-21H2,1-6H3,(H,50,53)(H,51,54)(H,55,61)(H,56,62)/t36-,37-,40?,41-,43?/m0/s1. The number of fused-ring (bicyclic) bond motifs is 5. The number of methoxy groups -OCH3 is 2. The first-order chi connectivity index (χ1) is 31.4. The number of hydrogen-bond donors (Lipinski definition) is 5. The topological polar surface area (TPSA) is 200 Å². The molecule has 9 rings (SSSR count). The summed E-state index contributed by atoms with van der Waals surface area (Å²) in [6.07, 6.45) is 11.2. The van der Waals surface area contributed by atoms with Gasteiger partial charge in [0.25, 0.3) is 0 Å². The lowest BCUT2D eigenvalue weighted by Crippen LogP contribution is -2.51. The number of H-pyrrole nitrogens is 3. The molecule has 5 N–H and O–H groups in total. The molecule has 2 unspecified atom stereocenters. The highest BCUT2D eigenvalue weighted by molar-refractivity contribution is 5.96. The second-order valence-electron chi connectivity index (χ2n) is 18.8. The Balaban J connectivity index is 0.998. The van der Waals surface area contributed by atoms with Gasteiger partial charge in [-0.15, -0.1) is 0 Å². The summed E-state index contributed by atoms with van der Waals surface area (Å²) in [4.78, 5) is 76.0. The van der Waals surface area contributed by atoms with Crippen LogP contribution >= 0.6 is 0 Å². The van der Waals surface area contributed by atoms with Crippen LogP contribution in [0.4, 0.5) is 9.59 Å². The van der Waals surface area contributed by atoms with Crippen molar-refractivity contribution in [2.24, 2.45) is 17.8 Å². The Morgan fingerprint density at radius 1 is 0.692 bits per heavy atom. The van der Waals surface area contributed by atoms with E-state index in [2.05, 4.69) is 62.0 Å². The average Bonchev–Trinajstić information content (AvgIpc) is 4.18. The van der Waals surface area contributed by atoms with E-state index in [1.165, 1.54) is 39.0 Å². The average molecular weight is 888 g/mol. The fraction of sp³-hybridized carbons (Fsp3) is 0.510. The van der Waals surface area contributed by atoms with E-state index in [9.17, 15) is 19.2 Å². The number of aromatic nitrogens is 5. The maximum absolute atomic E-state index is 13.8. The number of ether oxygens (including phenoxy) is 3. The molecule has 65 heavy (non-hydrogen) atoms. The monoisotopic (exact) mass is 887 g/mol. The van der Waals surface area contributed by atoms with Crippen molar-refractivity contribution in [3.8, 4) is 39.5 Å². The summed E-state index contributed by atoms with van der Waals surface area (Å²) in [6.45, 7) is 8.81. The van der Waals surface area contributed by atoms with Gasteiger partial charge in [-0.25, -0.2) is 19.6 Å². The van der Waals surface area contributed by atoms with Crippen LogP contribution in [0.2, 0.25) is 0 Å². The number of benzene rings is 2. The minimum atomic E-state index is -0.707. The first-order valence-electron chi connectivity index (χ1n) is 23.3. The summed E-state index contributed by atoms with van der Waals surface area (Å²) in [5.41, 5.74) is 7.89. The number of amides is 4. The third-order valence-corrected chi connectivity index (χ3v) is 14.0. The number of hydrogen-bond acceptors (Lipinski definition) is 9. The van der Waals surface area contributed by atoms with Crippen LogP contribution in [-0.4, -0.2) is 98.1 Å². The van der Waals surface area contributed by atoms with Crippen molar-refractivity contribution in [3.05, 3.63) is 66.0 Å². The van der Waals surface area contributed by atoms with E-state index in [0.29, 0.717) is 24.8 Å². The van der Waals surface area contributed by atoms with Gasteiger partial charge >= 0.3 is 12.2 Å². The van der Waals surface area contributed by atoms with Crippen LogP contribution in [-0.2, 0) is 19.1 Å². The Morgan fingerprint density at radius 2 is 1.23 bits per heavy atom. The Bertz CT molecular complexity index is 2570. The molecule has 0 spiro atoms. The third kappa shape index (κ3) is 8.43. The number of carbonyl (C=O) groups excluding carboxylic acids is 4. The molecule has 2 aromatic carbocycles. The second kappa shape index (κ2) is 18.3. The minimum Gasteiger partial charge on any atom is -0.485 e. The lowest BCUT2D eigenvalue weighted by molar-refractivity contribution is -0.136. The Morgan fingerprint density at radius 3 is 1.77 bits per heavy atom. The highest BCUT2D eigenvalue weighted by atomic mass is 16.5. The van der Waals surface area contributed by atoms with Crippen LogP contribution in [0.15, 0.2) is 48.8 Å². The van der Waals surface area contributed by atoms with Gasteiger partial charge in [0, 0.05) is 52.2 Å². The highest BCUT2D eigenvalue weighted by Crippen LogP contribution is 2.51. The van der Waals surface area contributed by atoms with Gasteiger partial charge in [-0.05, 0) is 74.6 Å². The molecule has 3 aliphatic heterocycles. The van der Waals surface area contributed by atoms with Crippen molar-refractivity contribution in [3.63, 3.8) is 0 Å². The van der Waals surface area contributed by atoms with Crippen LogP contribution in [0.25, 0.3) is 44.7 Å². The predicted molar refractivity (Wildman–Crippen MR) is 245 cm³/mol. The van der Waals surface area contributed by atoms with Crippen molar-refractivity contribution in [2.45, 2.75) is 116 Å². The summed E-state index contributed by atoms with van der Waals surface area (Å²) in [5, 5.41) is 6.57. The Kier molecular flexibility index (Phi) is 12.3. The number of alkyl carbamates (subject to hydrolysis) is 2. The van der Waals surface area contributed by atoms with Crippen molar-refractivity contribution in [1.29, 1.82) is 0 Å². The predicted octanol–water partition coefficient (Wildman–Crippen LogP) is 8.72. The van der Waals surface area contributed by atoms with Crippen LogP contribution in [0.5, 0.6) is 5.75 Å². The number of nitrogens with one attached hydrogen (secondary N) is 5. The smallest absolute Gasteiger partial charge is 0.407 e. The first-order valence-corrected chi connectivity index (χ1v) is 23.3. The molecular weight excluding hydrogens is 827 g/mol. The quantitative estimate of drug-likeness (QED) is 0.0861. The third-order valence-electron chi connectivity index (χ3n) is 14.0. The lowest BCUT2D eigenvalue weighted by atomic mass is 9.80. The van der Waals surface area contributed by atoms with E-state index < -0.39 is 24.3 Å². The molecule has 3 aromatic heterocycles. The maximum atomic E-state index is 13.8. The van der Waals surface area contributed by atoms with Gasteiger partial charge in [0.1, 0.15) is 35.6 Å². The van der Waals surface area contributed by atoms with Gasteiger partial charge in [0.15, 0.2) is 0 Å². The fourth-order valence-electron chi connectivity index (χ4n) is 10.5. The maximum Gasteiger partial charge on any atom is 0.407 e. The van der Waals surface area contributed by atoms with Gasteiger partial charge in [-0.2, -0.15) is 0 Å². The van der Waals surface area contributed by atoms with E-state index in [1.807, 2.05) is 49.9 Å². The number of likely N-dealkylation sites (tertiary alicyclic amines) is 2. The molecular formula is C49H61N9O7. The van der Waals surface area contributed by atoms with Crippen molar-refractivity contribution < 1.29 is 33.4 Å². The molecule has 16 heteroatoms. The zero-order valence-electron chi connectivity index (χ0n) is 38.2. The number of imidazole rings is 2. The summed E-state index contributed by atoms with van der Waals surface area (Å²) >= 11 is 0. The molecule has 1 saturated carbocycles. The van der Waals surface area contributed by atoms with Crippen molar-refractivity contribution in [1.82, 2.24) is 45.4 Å². The summed E-state index contributed by atoms with van der Waals surface area (Å²) < 4.78 is 16.8. The molecule has 5 atom stereocenters. The molecule has 0 bridgehead atoms. The number of carbonyl (C=O) groups is 4. The summed E-state index contributed by atoms with van der Waals surface area (Å²) in [6, 6.07) is 10.9. The van der Waals surface area contributed by atoms with Crippen molar-refractivity contribution >= 4 is 34.9 Å². The van der Waals surface area contributed by atoms with E-state index in [1.54, 1.807) is 0 Å². The number of nitrogens with zero attached hydrogens (tertiary/aromatic N) is 4. The highest BCUT2D eigenvalue weighted by Gasteiger charge is 2.40. The fourth-order valence-corrected chi connectivity index (χ4v) is 10.5. The summed E-state index contributed by atoms with van der Waals surface area (Å²) in [5.74, 6) is 2.08. The van der Waals surface area contributed by atoms with Gasteiger partial charge < -0.3 is 49.6 Å². The van der Waals surface area contributed by atoms with E-state index in [4.69, 9.17) is 24.2 Å². The van der Waals surface area contributed by atoms with Crippen LogP contribution in [0.1, 0.15) is 121 Å². The summed E-state index contributed by atoms with van der Waals surface area (Å²) in [7, 11) is 2.60. The molecule has 6 heterocycles. The largest absolute Gasteiger partial charge is 0.485 e. The van der Waals surface area contributed by atoms with Crippen LogP contribution < -0.4 is 15.4 Å². The molecule has 2 saturated heterocycles. The molecule has 3 fully saturated rings. The van der Waals surface area contributed by atoms with Gasteiger partial charge in [-0.1, -0.05) is 59.1 Å². The van der Waals surface area contributed by atoms with Gasteiger partial charge in [0.2, 0.25) is 11.8 Å². The molecule has 344 valence electrons. The minimum absolute atomic E-state index is 0.120. The van der Waals surface area contributed by atoms with E-state index >= 15 is 0 Å². The molecule has 16 nitrogen and oxygen atoms in total. The lowest BCUT2D eigenvalue weighted by Gasteiger charge is -2.35. The van der Waals surface area contributed by atoms with Gasteiger partial charge in [0.05, 0.1) is 55.8 Å². The Hall–Kier alpha value is -6.32. The SMILES string of the molecule is COC(=O)NC(C(=O)N1CCC[C@H]1c1ncc(-c2ccc3[nH]c4c(c3c2)C(C2CCCCC2)Oc2cc(-c3cnc([C@@H]5CCCN5C(=O)[C@@H](NC(=O)OC)C(C)C)[nH]3)ccc2-4)[nH]1)C(C)C.